The molecule has 0 aliphatic heterocycles. The Bertz CT molecular complexity index is 831. The van der Waals surface area contributed by atoms with Crippen LogP contribution in [-0.2, 0) is 0 Å². The van der Waals surface area contributed by atoms with Crippen LogP contribution in [0, 0.1) is 6.92 Å². The quantitative estimate of drug-likeness (QED) is 0.795. The second-order valence-corrected chi connectivity index (χ2v) is 4.57. The molecular weight excluding hydrogens is 268 g/mol. The molecule has 5 heteroatoms. The van der Waals surface area contributed by atoms with Crippen molar-refractivity contribution >= 4 is 16.9 Å². The van der Waals surface area contributed by atoms with Crippen molar-refractivity contribution < 1.29 is 14.6 Å². The fourth-order valence-corrected chi connectivity index (χ4v) is 2.01. The molecule has 0 saturated carbocycles. The first-order chi connectivity index (χ1) is 10.1. The lowest BCUT2D eigenvalue weighted by Crippen LogP contribution is -1.98. The number of aromatic nitrogens is 2. The van der Waals surface area contributed by atoms with Crippen LogP contribution in [0.2, 0.25) is 0 Å². The van der Waals surface area contributed by atoms with E-state index in [0.717, 1.165) is 16.6 Å². The van der Waals surface area contributed by atoms with E-state index >= 15 is 0 Å². The highest BCUT2D eigenvalue weighted by atomic mass is 16.5. The van der Waals surface area contributed by atoms with Gasteiger partial charge in [-0.15, -0.1) is 0 Å². The number of hydrogen-bond acceptors (Lipinski definition) is 4. The van der Waals surface area contributed by atoms with Crippen LogP contribution < -0.4 is 4.74 Å². The fraction of sp³-hybridized carbons (Fsp3) is 0.0625. The number of carbonyl (C=O) groups is 1. The van der Waals surface area contributed by atoms with Crippen molar-refractivity contribution in [2.45, 2.75) is 6.92 Å². The third kappa shape index (κ3) is 2.67. The van der Waals surface area contributed by atoms with Gasteiger partial charge in [-0.25, -0.2) is 14.8 Å². The molecule has 0 fully saturated rings. The van der Waals surface area contributed by atoms with Crippen molar-refractivity contribution in [3.63, 3.8) is 0 Å². The summed E-state index contributed by atoms with van der Waals surface area (Å²) in [5.74, 6) is -0.244. The normalized spacial score (nSPS) is 10.5. The van der Waals surface area contributed by atoms with E-state index in [1.165, 1.54) is 18.3 Å². The number of fused-ring (bicyclic) bond motifs is 1. The van der Waals surface area contributed by atoms with Gasteiger partial charge in [0.25, 0.3) is 0 Å². The van der Waals surface area contributed by atoms with Gasteiger partial charge < -0.3 is 9.84 Å². The second kappa shape index (κ2) is 5.20. The van der Waals surface area contributed by atoms with Crippen LogP contribution >= 0.6 is 0 Å². The van der Waals surface area contributed by atoms with Gasteiger partial charge in [0.15, 0.2) is 5.75 Å². The van der Waals surface area contributed by atoms with Gasteiger partial charge in [0.1, 0.15) is 5.52 Å². The van der Waals surface area contributed by atoms with Crippen molar-refractivity contribution in [2.24, 2.45) is 0 Å². The molecule has 1 aromatic carbocycles. The molecule has 0 bridgehead atoms. The summed E-state index contributed by atoms with van der Waals surface area (Å²) in [5.41, 5.74) is 1.73. The van der Waals surface area contributed by atoms with Gasteiger partial charge in [-0.1, -0.05) is 18.2 Å². The first kappa shape index (κ1) is 13.1. The number of para-hydroxylation sites is 1. The number of hydrogen-bond donors (Lipinski definition) is 1. The Morgan fingerprint density at radius 3 is 2.86 bits per heavy atom. The molecule has 0 radical (unpaired) electrons. The molecule has 0 saturated heterocycles. The molecule has 0 amide bonds. The average Bonchev–Trinajstić information content (AvgIpc) is 2.48. The van der Waals surface area contributed by atoms with Gasteiger partial charge in [0, 0.05) is 23.3 Å². The molecular formula is C16H12N2O3. The zero-order valence-electron chi connectivity index (χ0n) is 11.3. The summed E-state index contributed by atoms with van der Waals surface area (Å²) in [6.07, 6.45) is 1.41. The number of rotatable bonds is 3. The topological polar surface area (TPSA) is 72.3 Å². The maximum absolute atomic E-state index is 11.0. The predicted octanol–water partition coefficient (Wildman–Crippen LogP) is 3.43. The van der Waals surface area contributed by atoms with E-state index in [-0.39, 0.29) is 11.4 Å². The number of pyridine rings is 2. The number of benzene rings is 1. The van der Waals surface area contributed by atoms with Crippen LogP contribution in [0.5, 0.6) is 11.6 Å². The smallest absolute Gasteiger partial charge is 0.335 e. The molecule has 2 aromatic heterocycles. The van der Waals surface area contributed by atoms with Gasteiger partial charge in [-0.2, -0.15) is 0 Å². The summed E-state index contributed by atoms with van der Waals surface area (Å²) >= 11 is 0. The molecule has 0 unspecified atom stereocenters. The standard InChI is InChI=1S/C16H12N2O3/c1-10-5-6-11-3-2-4-13(15(11)18-10)21-14-9-12(16(19)20)7-8-17-14/h2-9H,1H3,(H,19,20). The van der Waals surface area contributed by atoms with E-state index in [2.05, 4.69) is 9.97 Å². The van der Waals surface area contributed by atoms with E-state index in [0.29, 0.717) is 5.75 Å². The Morgan fingerprint density at radius 2 is 2.05 bits per heavy atom. The minimum atomic E-state index is -1.02. The van der Waals surface area contributed by atoms with Crippen LogP contribution in [0.4, 0.5) is 0 Å². The molecule has 21 heavy (non-hydrogen) atoms. The summed E-state index contributed by atoms with van der Waals surface area (Å²) < 4.78 is 5.70. The lowest BCUT2D eigenvalue weighted by Gasteiger charge is -2.08. The number of carboxylic acids is 1. The minimum absolute atomic E-state index is 0.129. The molecule has 0 spiro atoms. The molecule has 0 aliphatic rings. The number of carboxylic acid groups (broad SMARTS) is 1. The van der Waals surface area contributed by atoms with Crippen molar-refractivity contribution in [3.8, 4) is 11.6 Å². The lowest BCUT2D eigenvalue weighted by atomic mass is 10.2. The molecule has 0 atom stereocenters. The van der Waals surface area contributed by atoms with E-state index in [9.17, 15) is 4.79 Å². The highest BCUT2D eigenvalue weighted by molar-refractivity contribution is 5.88. The average molecular weight is 280 g/mol. The first-order valence-corrected chi connectivity index (χ1v) is 6.37. The van der Waals surface area contributed by atoms with Crippen LogP contribution in [0.1, 0.15) is 16.1 Å². The second-order valence-electron chi connectivity index (χ2n) is 4.57. The summed E-state index contributed by atoms with van der Waals surface area (Å²) in [5, 5.41) is 9.94. The third-order valence-electron chi connectivity index (χ3n) is 3.02. The highest BCUT2D eigenvalue weighted by Crippen LogP contribution is 2.28. The highest BCUT2D eigenvalue weighted by Gasteiger charge is 2.09. The number of nitrogens with zero attached hydrogens (tertiary/aromatic N) is 2. The van der Waals surface area contributed by atoms with E-state index in [1.807, 2.05) is 31.2 Å². The third-order valence-corrected chi connectivity index (χ3v) is 3.02. The summed E-state index contributed by atoms with van der Waals surface area (Å²) in [7, 11) is 0. The van der Waals surface area contributed by atoms with Crippen molar-refractivity contribution in [1.82, 2.24) is 9.97 Å². The molecule has 3 rings (SSSR count). The Labute approximate surface area is 120 Å². The van der Waals surface area contributed by atoms with Crippen LogP contribution in [0.15, 0.2) is 48.7 Å². The van der Waals surface area contributed by atoms with Crippen LogP contribution in [0.25, 0.3) is 10.9 Å². The fourth-order valence-electron chi connectivity index (χ4n) is 2.01. The monoisotopic (exact) mass is 280 g/mol. The molecule has 2 heterocycles. The molecule has 1 N–H and O–H groups in total. The Kier molecular flexibility index (Phi) is 3.23. The summed E-state index contributed by atoms with van der Waals surface area (Å²) in [6, 6.07) is 12.3. The first-order valence-electron chi connectivity index (χ1n) is 6.37. The number of aromatic carboxylic acids is 1. The molecule has 3 aromatic rings. The predicted molar refractivity (Wildman–Crippen MR) is 77.8 cm³/mol. The number of aryl methyl sites for hydroxylation is 1. The van der Waals surface area contributed by atoms with Crippen molar-refractivity contribution in [3.05, 3.63) is 59.9 Å². The van der Waals surface area contributed by atoms with Crippen molar-refractivity contribution in [1.29, 1.82) is 0 Å². The van der Waals surface area contributed by atoms with Crippen LogP contribution in [-0.4, -0.2) is 21.0 Å². The Morgan fingerprint density at radius 1 is 1.19 bits per heavy atom. The van der Waals surface area contributed by atoms with E-state index in [4.69, 9.17) is 9.84 Å². The number of ether oxygens (including phenoxy) is 1. The molecule has 0 aliphatic carbocycles. The molecule has 104 valence electrons. The SMILES string of the molecule is Cc1ccc2cccc(Oc3cc(C(=O)O)ccn3)c2n1. The maximum Gasteiger partial charge on any atom is 0.335 e. The summed E-state index contributed by atoms with van der Waals surface area (Å²) in [6.45, 7) is 1.90. The lowest BCUT2D eigenvalue weighted by molar-refractivity contribution is 0.0696. The van der Waals surface area contributed by atoms with E-state index < -0.39 is 5.97 Å². The summed E-state index contributed by atoms with van der Waals surface area (Å²) in [4.78, 5) is 19.5. The zero-order chi connectivity index (χ0) is 14.8. The van der Waals surface area contributed by atoms with E-state index in [1.54, 1.807) is 6.07 Å². The van der Waals surface area contributed by atoms with Crippen molar-refractivity contribution in [2.75, 3.05) is 0 Å². The zero-order valence-corrected chi connectivity index (χ0v) is 11.3. The van der Waals surface area contributed by atoms with Crippen LogP contribution in [0.3, 0.4) is 0 Å². The van der Waals surface area contributed by atoms with Gasteiger partial charge in [-0.05, 0) is 25.1 Å². The maximum atomic E-state index is 11.0. The van der Waals surface area contributed by atoms with Gasteiger partial charge in [-0.3, -0.25) is 0 Å². The van der Waals surface area contributed by atoms with Gasteiger partial charge in [0.05, 0.1) is 5.56 Å². The Hall–Kier alpha value is -2.95. The minimum Gasteiger partial charge on any atom is -0.478 e. The van der Waals surface area contributed by atoms with Gasteiger partial charge in [0.2, 0.25) is 5.88 Å². The Balaban J connectivity index is 2.04. The largest absolute Gasteiger partial charge is 0.478 e. The molecule has 5 nitrogen and oxygen atoms in total. The van der Waals surface area contributed by atoms with Gasteiger partial charge >= 0.3 is 5.97 Å².